The molecule has 0 bridgehead atoms. The molecule has 0 saturated heterocycles. The minimum atomic E-state index is 0.384. The molecule has 0 radical (unpaired) electrons. The van der Waals surface area contributed by atoms with Crippen LogP contribution < -0.4 is 4.90 Å². The van der Waals surface area contributed by atoms with Crippen LogP contribution in [0.3, 0.4) is 0 Å². The fourth-order valence-corrected chi connectivity index (χ4v) is 2.90. The molecule has 96 valence electrons. The van der Waals surface area contributed by atoms with E-state index in [4.69, 9.17) is 23.2 Å². The number of nitrogens with zero attached hydrogens (tertiary/aromatic N) is 1. The molecule has 3 rings (SSSR count). The van der Waals surface area contributed by atoms with Gasteiger partial charge in [-0.15, -0.1) is 23.2 Å². The Labute approximate surface area is 122 Å². The van der Waals surface area contributed by atoms with Gasteiger partial charge in [-0.05, 0) is 34.4 Å². The van der Waals surface area contributed by atoms with E-state index in [9.17, 15) is 0 Å². The van der Waals surface area contributed by atoms with E-state index in [0.29, 0.717) is 12.0 Å². The minimum Gasteiger partial charge on any atom is -0.344 e. The summed E-state index contributed by atoms with van der Waals surface area (Å²) in [5.41, 5.74) is 1.08. The highest BCUT2D eigenvalue weighted by Gasteiger charge is 2.08. The smallest absolute Gasteiger partial charge is 0.0941 e. The minimum absolute atomic E-state index is 0.384. The molecule has 0 heterocycles. The SMILES string of the molecule is ClCN(CCl)c1cccc2cc3ccccc3cc12. The molecule has 0 aliphatic heterocycles. The van der Waals surface area contributed by atoms with Gasteiger partial charge in [0.2, 0.25) is 0 Å². The van der Waals surface area contributed by atoms with E-state index in [0.717, 1.165) is 5.69 Å². The van der Waals surface area contributed by atoms with Crippen LogP contribution in [0.25, 0.3) is 21.5 Å². The van der Waals surface area contributed by atoms with Crippen LogP contribution in [-0.2, 0) is 0 Å². The third-order valence-corrected chi connectivity index (χ3v) is 3.93. The fraction of sp³-hybridized carbons (Fsp3) is 0.125. The molecule has 3 aromatic rings. The summed E-state index contributed by atoms with van der Waals surface area (Å²) in [5, 5.41) is 4.86. The van der Waals surface area contributed by atoms with Crippen LogP contribution in [0.1, 0.15) is 0 Å². The van der Waals surface area contributed by atoms with Gasteiger partial charge in [0.15, 0.2) is 0 Å². The molecular formula is C16H13Cl2N. The highest BCUT2D eigenvalue weighted by atomic mass is 35.5. The van der Waals surface area contributed by atoms with E-state index in [-0.39, 0.29) is 0 Å². The third-order valence-electron chi connectivity index (χ3n) is 3.35. The average Bonchev–Trinajstić information content (AvgIpc) is 2.46. The summed E-state index contributed by atoms with van der Waals surface area (Å²) >= 11 is 11.9. The highest BCUT2D eigenvalue weighted by Crippen LogP contribution is 2.31. The molecule has 0 aromatic heterocycles. The van der Waals surface area contributed by atoms with Crippen LogP contribution >= 0.6 is 23.2 Å². The molecule has 0 aliphatic carbocycles. The number of anilines is 1. The van der Waals surface area contributed by atoms with Crippen molar-refractivity contribution in [2.45, 2.75) is 0 Å². The van der Waals surface area contributed by atoms with Crippen LogP contribution in [0.2, 0.25) is 0 Å². The Hall–Kier alpha value is -1.44. The first kappa shape index (κ1) is 12.6. The maximum atomic E-state index is 5.96. The first-order chi connectivity index (χ1) is 9.33. The van der Waals surface area contributed by atoms with Crippen molar-refractivity contribution in [1.82, 2.24) is 0 Å². The van der Waals surface area contributed by atoms with Crippen molar-refractivity contribution in [1.29, 1.82) is 0 Å². The summed E-state index contributed by atoms with van der Waals surface area (Å²) < 4.78 is 0. The monoisotopic (exact) mass is 289 g/mol. The topological polar surface area (TPSA) is 3.24 Å². The number of halogens is 2. The maximum absolute atomic E-state index is 5.96. The van der Waals surface area contributed by atoms with Crippen molar-refractivity contribution in [3.63, 3.8) is 0 Å². The molecule has 0 spiro atoms. The molecule has 0 N–H and O–H groups in total. The van der Waals surface area contributed by atoms with Gasteiger partial charge in [-0.2, -0.15) is 0 Å². The average molecular weight is 290 g/mol. The van der Waals surface area contributed by atoms with E-state index < -0.39 is 0 Å². The summed E-state index contributed by atoms with van der Waals surface area (Å²) in [4.78, 5) is 1.94. The van der Waals surface area contributed by atoms with Crippen molar-refractivity contribution in [2.24, 2.45) is 0 Å². The lowest BCUT2D eigenvalue weighted by atomic mass is 10.0. The zero-order valence-corrected chi connectivity index (χ0v) is 11.8. The molecule has 19 heavy (non-hydrogen) atoms. The van der Waals surface area contributed by atoms with Gasteiger partial charge in [0.1, 0.15) is 0 Å². The molecular weight excluding hydrogens is 277 g/mol. The second-order valence-corrected chi connectivity index (χ2v) is 4.95. The van der Waals surface area contributed by atoms with E-state index >= 15 is 0 Å². The zero-order chi connectivity index (χ0) is 13.2. The fourth-order valence-electron chi connectivity index (χ4n) is 2.39. The molecule has 3 aromatic carbocycles. The third kappa shape index (κ3) is 2.24. The van der Waals surface area contributed by atoms with Gasteiger partial charge < -0.3 is 4.90 Å². The Kier molecular flexibility index (Phi) is 3.50. The summed E-state index contributed by atoms with van der Waals surface area (Å²) in [6.07, 6.45) is 0. The predicted octanol–water partition coefficient (Wildman–Crippen LogP) is 5.19. The van der Waals surface area contributed by atoms with Gasteiger partial charge in [-0.25, -0.2) is 0 Å². The summed E-state index contributed by atoms with van der Waals surface area (Å²) in [7, 11) is 0. The molecule has 0 fully saturated rings. The predicted molar refractivity (Wildman–Crippen MR) is 85.4 cm³/mol. The van der Waals surface area contributed by atoms with E-state index in [2.05, 4.69) is 48.5 Å². The van der Waals surface area contributed by atoms with Crippen molar-refractivity contribution >= 4 is 50.4 Å². The number of fused-ring (bicyclic) bond motifs is 2. The van der Waals surface area contributed by atoms with Gasteiger partial charge in [0.05, 0.1) is 12.0 Å². The quantitative estimate of drug-likeness (QED) is 0.364. The van der Waals surface area contributed by atoms with Crippen molar-refractivity contribution in [2.75, 3.05) is 16.9 Å². The Morgan fingerprint density at radius 1 is 0.737 bits per heavy atom. The Morgan fingerprint density at radius 2 is 1.37 bits per heavy atom. The molecule has 0 saturated carbocycles. The maximum Gasteiger partial charge on any atom is 0.0941 e. The zero-order valence-electron chi connectivity index (χ0n) is 10.3. The van der Waals surface area contributed by atoms with Crippen molar-refractivity contribution < 1.29 is 0 Å². The molecule has 1 nitrogen and oxygen atoms in total. The van der Waals surface area contributed by atoms with E-state index in [1.807, 2.05) is 11.0 Å². The Balaban J connectivity index is 2.31. The lowest BCUT2D eigenvalue weighted by Gasteiger charge is -2.20. The Bertz CT molecular complexity index is 720. The number of benzene rings is 3. The van der Waals surface area contributed by atoms with Gasteiger partial charge in [-0.3, -0.25) is 0 Å². The number of hydrogen-bond donors (Lipinski definition) is 0. The van der Waals surface area contributed by atoms with Crippen molar-refractivity contribution in [3.05, 3.63) is 54.6 Å². The Morgan fingerprint density at radius 3 is 2.05 bits per heavy atom. The van der Waals surface area contributed by atoms with Crippen LogP contribution in [0.15, 0.2) is 54.6 Å². The second kappa shape index (κ2) is 5.28. The van der Waals surface area contributed by atoms with E-state index in [1.165, 1.54) is 21.5 Å². The number of rotatable bonds is 3. The normalized spacial score (nSPS) is 11.1. The first-order valence-electron chi connectivity index (χ1n) is 6.12. The van der Waals surface area contributed by atoms with Gasteiger partial charge >= 0.3 is 0 Å². The van der Waals surface area contributed by atoms with Gasteiger partial charge in [0.25, 0.3) is 0 Å². The van der Waals surface area contributed by atoms with Gasteiger partial charge in [0, 0.05) is 11.1 Å². The van der Waals surface area contributed by atoms with Crippen LogP contribution in [0, 0.1) is 0 Å². The van der Waals surface area contributed by atoms with Crippen LogP contribution in [0.4, 0.5) is 5.69 Å². The first-order valence-corrected chi connectivity index (χ1v) is 7.19. The molecule has 0 atom stereocenters. The van der Waals surface area contributed by atoms with Crippen molar-refractivity contribution in [3.8, 4) is 0 Å². The molecule has 0 aliphatic rings. The molecule has 3 heteroatoms. The largest absolute Gasteiger partial charge is 0.344 e. The molecule has 0 unspecified atom stereocenters. The number of alkyl halides is 2. The van der Waals surface area contributed by atoms with E-state index in [1.54, 1.807) is 0 Å². The highest BCUT2D eigenvalue weighted by molar-refractivity contribution is 6.23. The van der Waals surface area contributed by atoms with Gasteiger partial charge in [-0.1, -0.05) is 36.4 Å². The summed E-state index contributed by atoms with van der Waals surface area (Å²) in [6.45, 7) is 0. The lowest BCUT2D eigenvalue weighted by molar-refractivity contribution is 1.06. The van der Waals surface area contributed by atoms with Crippen LogP contribution in [-0.4, -0.2) is 12.0 Å². The van der Waals surface area contributed by atoms with Crippen LogP contribution in [0.5, 0.6) is 0 Å². The number of hydrogen-bond acceptors (Lipinski definition) is 1. The lowest BCUT2D eigenvalue weighted by Crippen LogP contribution is -2.19. The summed E-state index contributed by atoms with van der Waals surface area (Å²) in [6, 6.07) is 19.7. The molecule has 0 amide bonds. The summed E-state index contributed by atoms with van der Waals surface area (Å²) in [5.74, 6) is 0. The second-order valence-electron chi connectivity index (χ2n) is 4.48. The standard InChI is InChI=1S/C16H13Cl2N/c17-10-19(11-18)16-7-3-6-14-8-12-4-1-2-5-13(12)9-15(14)16/h1-9H,10-11H2.